The number of thiophene rings is 1. The van der Waals surface area contributed by atoms with E-state index in [1.165, 1.54) is 4.88 Å². The summed E-state index contributed by atoms with van der Waals surface area (Å²) in [5.74, 6) is -0.205. The Morgan fingerprint density at radius 3 is 2.81 bits per heavy atom. The first-order valence-electron chi connectivity index (χ1n) is 9.14. The summed E-state index contributed by atoms with van der Waals surface area (Å²) >= 11 is 1.64. The lowest BCUT2D eigenvalue weighted by molar-refractivity contribution is -0.137. The highest BCUT2D eigenvalue weighted by Gasteiger charge is 2.56. The fourth-order valence-corrected chi connectivity index (χ4v) is 5.34. The van der Waals surface area contributed by atoms with Crippen LogP contribution in [0.3, 0.4) is 0 Å². The molecule has 0 radical (unpaired) electrons. The molecule has 1 saturated carbocycles. The lowest BCUT2D eigenvalue weighted by Crippen LogP contribution is -2.54. The number of urea groups is 1. The zero-order chi connectivity index (χ0) is 18.9. The minimum absolute atomic E-state index is 0.0143. The van der Waals surface area contributed by atoms with Gasteiger partial charge in [-0.15, -0.1) is 11.3 Å². The van der Waals surface area contributed by atoms with Gasteiger partial charge in [-0.1, -0.05) is 26.8 Å². The molecule has 1 aliphatic heterocycles. The van der Waals surface area contributed by atoms with E-state index in [0.29, 0.717) is 25.3 Å². The number of carbonyl (C=O) groups is 3. The van der Waals surface area contributed by atoms with Crippen LogP contribution in [0.2, 0.25) is 0 Å². The zero-order valence-electron chi connectivity index (χ0n) is 15.6. The molecule has 7 heteroatoms. The molecule has 1 aromatic rings. The molecule has 1 saturated heterocycles. The predicted octanol–water partition coefficient (Wildman–Crippen LogP) is 2.54. The number of hydrogen-bond donors (Lipinski definition) is 2. The molecule has 2 aliphatic rings. The summed E-state index contributed by atoms with van der Waals surface area (Å²) in [6.45, 7) is 6.65. The van der Waals surface area contributed by atoms with E-state index in [1.807, 2.05) is 17.5 Å². The second kappa shape index (κ2) is 7.02. The largest absolute Gasteiger partial charge is 0.354 e. The number of imide groups is 1. The van der Waals surface area contributed by atoms with Gasteiger partial charge in [-0.05, 0) is 48.5 Å². The summed E-state index contributed by atoms with van der Waals surface area (Å²) in [5, 5.41) is 7.69. The Morgan fingerprint density at radius 2 is 2.15 bits per heavy atom. The van der Waals surface area contributed by atoms with Crippen molar-refractivity contribution in [2.45, 2.75) is 52.0 Å². The highest BCUT2D eigenvalue weighted by atomic mass is 32.1. The molecule has 0 aromatic carbocycles. The van der Waals surface area contributed by atoms with Crippen LogP contribution in [0.25, 0.3) is 0 Å². The van der Waals surface area contributed by atoms with Crippen molar-refractivity contribution in [3.8, 4) is 0 Å². The maximum absolute atomic E-state index is 13.0. The van der Waals surface area contributed by atoms with Crippen LogP contribution in [-0.2, 0) is 16.0 Å². The summed E-state index contributed by atoms with van der Waals surface area (Å²) < 4.78 is 0. The second-order valence-electron chi connectivity index (χ2n) is 8.44. The number of nitrogens with zero attached hydrogens (tertiary/aromatic N) is 1. The molecule has 142 valence electrons. The van der Waals surface area contributed by atoms with E-state index in [2.05, 4.69) is 31.4 Å². The van der Waals surface area contributed by atoms with Crippen molar-refractivity contribution < 1.29 is 14.4 Å². The molecule has 4 amide bonds. The Bertz CT molecular complexity index is 701. The van der Waals surface area contributed by atoms with Gasteiger partial charge in [-0.2, -0.15) is 0 Å². The summed E-state index contributed by atoms with van der Waals surface area (Å²) in [7, 11) is 0. The van der Waals surface area contributed by atoms with Crippen LogP contribution < -0.4 is 10.6 Å². The molecule has 6 nitrogen and oxygen atoms in total. The average Bonchev–Trinajstić information content (AvgIpc) is 3.09. The average molecular weight is 378 g/mol. The number of hydrogen-bond acceptors (Lipinski definition) is 4. The Labute approximate surface area is 158 Å². The van der Waals surface area contributed by atoms with Gasteiger partial charge in [0.1, 0.15) is 12.1 Å². The first-order chi connectivity index (χ1) is 12.2. The lowest BCUT2D eigenvalue weighted by atomic mass is 9.64. The quantitative estimate of drug-likeness (QED) is 0.774. The molecule has 2 fully saturated rings. The van der Waals surface area contributed by atoms with E-state index < -0.39 is 11.6 Å². The number of nitrogens with one attached hydrogen (secondary N) is 2. The molecule has 1 aliphatic carbocycles. The van der Waals surface area contributed by atoms with Crippen molar-refractivity contribution in [3.05, 3.63) is 22.4 Å². The normalized spacial score (nSPS) is 27.7. The predicted molar refractivity (Wildman–Crippen MR) is 101 cm³/mol. The first-order valence-corrected chi connectivity index (χ1v) is 10.0. The maximum atomic E-state index is 13.0. The molecule has 1 spiro atoms. The van der Waals surface area contributed by atoms with E-state index in [0.717, 1.165) is 17.7 Å². The highest BCUT2D eigenvalue weighted by molar-refractivity contribution is 7.09. The Hall–Kier alpha value is -1.89. The summed E-state index contributed by atoms with van der Waals surface area (Å²) in [6, 6.07) is 3.54. The summed E-state index contributed by atoms with van der Waals surface area (Å²) in [5.41, 5.74) is -0.866. The van der Waals surface area contributed by atoms with E-state index in [9.17, 15) is 14.4 Å². The number of rotatable bonds is 5. The molecule has 2 N–H and O–H groups in total. The maximum Gasteiger partial charge on any atom is 0.325 e. The van der Waals surface area contributed by atoms with E-state index in [4.69, 9.17) is 0 Å². The topological polar surface area (TPSA) is 78.5 Å². The Morgan fingerprint density at radius 1 is 1.38 bits per heavy atom. The van der Waals surface area contributed by atoms with Crippen molar-refractivity contribution in [3.63, 3.8) is 0 Å². The van der Waals surface area contributed by atoms with Gasteiger partial charge >= 0.3 is 6.03 Å². The van der Waals surface area contributed by atoms with Crippen LogP contribution in [0, 0.1) is 11.3 Å². The van der Waals surface area contributed by atoms with E-state index in [-0.39, 0.29) is 23.8 Å². The third-order valence-electron chi connectivity index (χ3n) is 5.20. The van der Waals surface area contributed by atoms with Crippen molar-refractivity contribution >= 4 is 29.2 Å². The Kier molecular flexibility index (Phi) is 5.10. The number of carbonyl (C=O) groups excluding carboxylic acids is 3. The first kappa shape index (κ1) is 18.9. The SMILES string of the molecule is CC1CC(C)(C)CC2(C1)NC(=O)N(CC(=O)NCCc1cccs1)C2=O. The third-order valence-corrected chi connectivity index (χ3v) is 6.14. The second-order valence-corrected chi connectivity index (χ2v) is 9.47. The van der Waals surface area contributed by atoms with Crippen LogP contribution in [0.5, 0.6) is 0 Å². The monoisotopic (exact) mass is 377 g/mol. The lowest BCUT2D eigenvalue weighted by Gasteiger charge is -2.43. The Balaban J connectivity index is 1.59. The van der Waals surface area contributed by atoms with Crippen molar-refractivity contribution in [2.24, 2.45) is 11.3 Å². The minimum atomic E-state index is -0.852. The summed E-state index contributed by atoms with van der Waals surface area (Å²) in [4.78, 5) is 39.8. The molecular weight excluding hydrogens is 350 g/mol. The molecule has 2 unspecified atom stereocenters. The van der Waals surface area contributed by atoms with Crippen molar-refractivity contribution in [2.75, 3.05) is 13.1 Å². The van der Waals surface area contributed by atoms with E-state index in [1.54, 1.807) is 11.3 Å². The van der Waals surface area contributed by atoms with E-state index >= 15 is 0 Å². The zero-order valence-corrected chi connectivity index (χ0v) is 16.4. The fraction of sp³-hybridized carbons (Fsp3) is 0.632. The fourth-order valence-electron chi connectivity index (χ4n) is 4.63. The van der Waals surface area contributed by atoms with Crippen LogP contribution in [0.15, 0.2) is 17.5 Å². The van der Waals surface area contributed by atoms with Gasteiger partial charge in [0.2, 0.25) is 5.91 Å². The molecule has 1 aromatic heterocycles. The molecule has 2 atom stereocenters. The third kappa shape index (κ3) is 3.92. The summed E-state index contributed by atoms with van der Waals surface area (Å²) in [6.07, 6.45) is 3.03. The minimum Gasteiger partial charge on any atom is -0.354 e. The molecule has 2 heterocycles. The number of amides is 4. The van der Waals surface area contributed by atoms with Crippen molar-refractivity contribution in [1.82, 2.24) is 15.5 Å². The van der Waals surface area contributed by atoms with Gasteiger partial charge in [-0.3, -0.25) is 14.5 Å². The van der Waals surface area contributed by atoms with Crippen LogP contribution in [0.1, 0.15) is 44.9 Å². The van der Waals surface area contributed by atoms with Crippen molar-refractivity contribution in [1.29, 1.82) is 0 Å². The van der Waals surface area contributed by atoms with Gasteiger partial charge in [0.05, 0.1) is 0 Å². The van der Waals surface area contributed by atoms with Gasteiger partial charge in [0.15, 0.2) is 0 Å². The highest BCUT2D eigenvalue weighted by Crippen LogP contribution is 2.46. The molecule has 3 rings (SSSR count). The van der Waals surface area contributed by atoms with Crippen LogP contribution in [0.4, 0.5) is 4.79 Å². The van der Waals surface area contributed by atoms with Gasteiger partial charge < -0.3 is 10.6 Å². The van der Waals surface area contributed by atoms with Gasteiger partial charge in [0.25, 0.3) is 5.91 Å². The van der Waals surface area contributed by atoms with Crippen LogP contribution >= 0.6 is 11.3 Å². The molecular formula is C19H27N3O3S. The standard InChI is InChI=1S/C19H27N3O3S/c1-13-9-18(2,3)12-19(10-13)16(24)22(17(25)21-19)11-15(23)20-7-6-14-5-4-8-26-14/h4-5,8,13H,6-7,9-12H2,1-3H3,(H,20,23)(H,21,25). The molecule has 0 bridgehead atoms. The van der Waals surface area contributed by atoms with Gasteiger partial charge in [-0.25, -0.2) is 4.79 Å². The molecule has 26 heavy (non-hydrogen) atoms. The van der Waals surface area contributed by atoms with Crippen LogP contribution in [-0.4, -0.2) is 41.4 Å². The smallest absolute Gasteiger partial charge is 0.325 e. The van der Waals surface area contributed by atoms with Gasteiger partial charge in [0, 0.05) is 11.4 Å².